The number of benzene rings is 2. The van der Waals surface area contributed by atoms with E-state index in [4.69, 9.17) is 9.05 Å². The lowest BCUT2D eigenvalue weighted by Crippen LogP contribution is -2.22. The van der Waals surface area contributed by atoms with Crippen LogP contribution < -0.4 is 10.2 Å². The quantitative estimate of drug-likeness (QED) is 0.658. The van der Waals surface area contributed by atoms with Gasteiger partial charge in [0.05, 0.1) is 24.6 Å². The van der Waals surface area contributed by atoms with Crippen LogP contribution in [0.25, 0.3) is 0 Å². The van der Waals surface area contributed by atoms with E-state index in [2.05, 4.69) is 41.3 Å². The predicted molar refractivity (Wildman–Crippen MR) is 103 cm³/mol. The van der Waals surface area contributed by atoms with Gasteiger partial charge in [0.15, 0.2) is 0 Å². The molecule has 1 fully saturated rings. The first kappa shape index (κ1) is 18.2. The summed E-state index contributed by atoms with van der Waals surface area (Å²) >= 11 is 0. The third kappa shape index (κ3) is 3.98. The zero-order valence-electron chi connectivity index (χ0n) is 14.9. The lowest BCUT2D eigenvalue weighted by molar-refractivity contribution is 0.230. The Morgan fingerprint density at radius 3 is 2.24 bits per heavy atom. The van der Waals surface area contributed by atoms with Gasteiger partial charge in [0.1, 0.15) is 0 Å². The van der Waals surface area contributed by atoms with E-state index in [1.165, 1.54) is 17.7 Å². The van der Waals surface area contributed by atoms with E-state index in [-0.39, 0.29) is 0 Å². The van der Waals surface area contributed by atoms with Crippen molar-refractivity contribution in [3.05, 3.63) is 60.2 Å². The molecule has 5 heteroatoms. The van der Waals surface area contributed by atoms with Crippen molar-refractivity contribution < 1.29 is 13.6 Å². The smallest absolute Gasteiger partial charge is 0.361 e. The molecule has 0 aromatic heterocycles. The van der Waals surface area contributed by atoms with Crippen LogP contribution in [0.3, 0.4) is 0 Å². The van der Waals surface area contributed by atoms with E-state index >= 15 is 0 Å². The molecule has 1 aliphatic rings. The van der Waals surface area contributed by atoms with Gasteiger partial charge in [0.25, 0.3) is 0 Å². The Morgan fingerprint density at radius 1 is 1.00 bits per heavy atom. The van der Waals surface area contributed by atoms with E-state index in [0.717, 1.165) is 13.0 Å². The molecule has 1 saturated heterocycles. The van der Waals surface area contributed by atoms with Crippen LogP contribution >= 0.6 is 7.60 Å². The fraction of sp³-hybridized carbons (Fsp3) is 0.400. The van der Waals surface area contributed by atoms with Crippen LogP contribution in [-0.4, -0.2) is 19.8 Å². The van der Waals surface area contributed by atoms with Crippen molar-refractivity contribution in [2.24, 2.45) is 0 Å². The summed E-state index contributed by atoms with van der Waals surface area (Å²) in [6.07, 6.45) is 2.31. The van der Waals surface area contributed by atoms with Gasteiger partial charge in [-0.2, -0.15) is 0 Å². The molecular formula is C20H26NO3P. The second-order valence-electron chi connectivity index (χ2n) is 6.11. The van der Waals surface area contributed by atoms with Crippen LogP contribution in [0.15, 0.2) is 54.6 Å². The first-order chi connectivity index (χ1) is 12.2. The maximum atomic E-state index is 12.9. The molecule has 134 valence electrons. The van der Waals surface area contributed by atoms with Gasteiger partial charge < -0.3 is 13.9 Å². The van der Waals surface area contributed by atoms with Crippen molar-refractivity contribution in [3.8, 4) is 0 Å². The highest BCUT2D eigenvalue weighted by Crippen LogP contribution is 2.47. The minimum absolute atomic E-state index is 0.357. The largest absolute Gasteiger partial charge is 0.364 e. The Kier molecular flexibility index (Phi) is 5.95. The van der Waals surface area contributed by atoms with Gasteiger partial charge in [-0.05, 0) is 56.5 Å². The summed E-state index contributed by atoms with van der Waals surface area (Å²) in [6.45, 7) is 5.45. The van der Waals surface area contributed by atoms with Crippen LogP contribution in [0.5, 0.6) is 0 Å². The highest BCUT2D eigenvalue weighted by atomic mass is 31.2. The van der Waals surface area contributed by atoms with Gasteiger partial charge in [-0.3, -0.25) is 4.57 Å². The molecule has 4 nitrogen and oxygen atoms in total. The van der Waals surface area contributed by atoms with Crippen LogP contribution in [0, 0.1) is 0 Å². The van der Waals surface area contributed by atoms with E-state index in [9.17, 15) is 4.57 Å². The van der Waals surface area contributed by atoms with Gasteiger partial charge in [0.2, 0.25) is 0 Å². The number of rotatable bonds is 7. The van der Waals surface area contributed by atoms with Crippen LogP contribution in [0.2, 0.25) is 0 Å². The average Bonchev–Trinajstić information content (AvgIpc) is 3.13. The Balaban J connectivity index is 1.83. The monoisotopic (exact) mass is 359 g/mol. The van der Waals surface area contributed by atoms with Gasteiger partial charge >= 0.3 is 7.60 Å². The highest BCUT2D eigenvalue weighted by Gasteiger charge is 2.29. The van der Waals surface area contributed by atoms with E-state index in [1.807, 2.05) is 32.0 Å². The zero-order valence-corrected chi connectivity index (χ0v) is 15.8. The van der Waals surface area contributed by atoms with Crippen LogP contribution in [0.1, 0.15) is 38.3 Å². The van der Waals surface area contributed by atoms with Crippen molar-refractivity contribution in [2.75, 3.05) is 24.7 Å². The normalized spacial score (nSPS) is 17.8. The fourth-order valence-corrected chi connectivity index (χ4v) is 5.01. The summed E-state index contributed by atoms with van der Waals surface area (Å²) in [5.41, 5.74) is 2.49. The highest BCUT2D eigenvalue weighted by molar-refractivity contribution is 7.62. The molecule has 1 unspecified atom stereocenters. The van der Waals surface area contributed by atoms with Crippen molar-refractivity contribution in [1.29, 1.82) is 0 Å². The molecule has 0 N–H and O–H groups in total. The molecule has 0 saturated carbocycles. The lowest BCUT2D eigenvalue weighted by atomic mass is 10.0. The predicted octanol–water partition coefficient (Wildman–Crippen LogP) is 4.92. The molecule has 0 spiro atoms. The molecule has 2 aromatic carbocycles. The minimum Gasteiger partial charge on any atom is -0.364 e. The van der Waals surface area contributed by atoms with Crippen LogP contribution in [-0.2, 0) is 13.6 Å². The maximum Gasteiger partial charge on any atom is 0.361 e. The Bertz CT molecular complexity index is 707. The first-order valence-corrected chi connectivity index (χ1v) is 10.5. The summed E-state index contributed by atoms with van der Waals surface area (Å²) in [4.78, 5) is 2.44. The maximum absolute atomic E-state index is 12.9. The van der Waals surface area contributed by atoms with E-state index in [0.29, 0.717) is 24.6 Å². The number of nitrogens with zero attached hydrogens (tertiary/aromatic N) is 1. The third-order valence-corrected chi connectivity index (χ3v) is 6.66. The summed E-state index contributed by atoms with van der Waals surface area (Å²) in [6, 6.07) is 18.8. The minimum atomic E-state index is -3.21. The molecule has 1 heterocycles. The average molecular weight is 359 g/mol. The summed E-state index contributed by atoms with van der Waals surface area (Å²) < 4.78 is 23.7. The molecule has 25 heavy (non-hydrogen) atoms. The summed E-state index contributed by atoms with van der Waals surface area (Å²) in [5, 5.41) is 0.629. The van der Waals surface area contributed by atoms with Gasteiger partial charge in [-0.15, -0.1) is 0 Å². The number of hydrogen-bond acceptors (Lipinski definition) is 4. The standard InChI is InChI=1S/C20H26NO3P/c1-3-23-25(22,24-4-2)19-14-12-17(13-15-19)20-11-8-16-21(20)18-9-6-5-7-10-18/h5-7,9-10,12-15,20H,3-4,8,11,16H2,1-2H3. The van der Waals surface area contributed by atoms with Gasteiger partial charge in [0, 0.05) is 12.2 Å². The van der Waals surface area contributed by atoms with Crippen molar-refractivity contribution >= 4 is 18.6 Å². The van der Waals surface area contributed by atoms with Crippen LogP contribution in [0.4, 0.5) is 5.69 Å². The number of para-hydroxylation sites is 1. The molecule has 0 amide bonds. The lowest BCUT2D eigenvalue weighted by Gasteiger charge is -2.27. The van der Waals surface area contributed by atoms with Crippen molar-refractivity contribution in [1.82, 2.24) is 0 Å². The van der Waals surface area contributed by atoms with Gasteiger partial charge in [-0.25, -0.2) is 0 Å². The number of hydrogen-bond donors (Lipinski definition) is 0. The zero-order chi connectivity index (χ0) is 17.7. The SMILES string of the molecule is CCOP(=O)(OCC)c1ccc(C2CCCN2c2ccccc2)cc1. The molecule has 0 radical (unpaired) electrons. The summed E-state index contributed by atoms with van der Waals surface area (Å²) in [7, 11) is -3.21. The number of anilines is 1. The molecule has 0 aliphatic carbocycles. The fourth-order valence-electron chi connectivity index (χ4n) is 3.45. The second-order valence-corrected chi connectivity index (χ2v) is 8.14. The molecule has 1 aliphatic heterocycles. The van der Waals surface area contributed by atoms with E-state index < -0.39 is 7.60 Å². The molecule has 3 rings (SSSR count). The van der Waals surface area contributed by atoms with Crippen molar-refractivity contribution in [2.45, 2.75) is 32.7 Å². The third-order valence-electron chi connectivity index (χ3n) is 4.53. The molecule has 2 aromatic rings. The first-order valence-electron chi connectivity index (χ1n) is 8.99. The summed E-state index contributed by atoms with van der Waals surface area (Å²) in [5.74, 6) is 0. The molecule has 0 bridgehead atoms. The van der Waals surface area contributed by atoms with E-state index in [1.54, 1.807) is 0 Å². The molecule has 1 atom stereocenters. The Morgan fingerprint density at radius 2 is 1.64 bits per heavy atom. The Hall–Kier alpha value is -1.61. The topological polar surface area (TPSA) is 38.8 Å². The van der Waals surface area contributed by atoms with Gasteiger partial charge in [-0.1, -0.05) is 30.3 Å². The second kappa shape index (κ2) is 8.18. The van der Waals surface area contributed by atoms with Crippen molar-refractivity contribution in [3.63, 3.8) is 0 Å². The Labute approximate surface area is 150 Å². The molecular weight excluding hydrogens is 333 g/mol.